The lowest BCUT2D eigenvalue weighted by atomic mass is 10.0. The molecule has 0 spiro atoms. The van der Waals surface area contributed by atoms with Gasteiger partial charge in [-0.25, -0.2) is 4.98 Å². The molecule has 3 rings (SSSR count). The molecule has 104 valence electrons. The molecule has 0 bridgehead atoms. The number of aromatic nitrogens is 2. The largest absolute Gasteiger partial charge is 0.489 e. The Morgan fingerprint density at radius 1 is 1.30 bits per heavy atom. The molecular weight excluding hydrogens is 254 g/mol. The van der Waals surface area contributed by atoms with E-state index >= 15 is 0 Å². The van der Waals surface area contributed by atoms with Crippen molar-refractivity contribution in [2.75, 3.05) is 18.6 Å². The SMILES string of the molecule is COc1c(N2CCCc3ccccc3C2)nc[nH]c1=O. The highest BCUT2D eigenvalue weighted by atomic mass is 16.5. The van der Waals surface area contributed by atoms with Crippen molar-refractivity contribution < 1.29 is 4.74 Å². The molecule has 0 amide bonds. The minimum Gasteiger partial charge on any atom is -0.489 e. The highest BCUT2D eigenvalue weighted by Gasteiger charge is 2.20. The number of H-pyrrole nitrogens is 1. The van der Waals surface area contributed by atoms with E-state index in [0.717, 1.165) is 25.9 Å². The fourth-order valence-corrected chi connectivity index (χ4v) is 2.67. The summed E-state index contributed by atoms with van der Waals surface area (Å²) in [5.74, 6) is 0.903. The van der Waals surface area contributed by atoms with Crippen molar-refractivity contribution in [2.24, 2.45) is 0 Å². The molecule has 2 aromatic rings. The molecule has 0 saturated carbocycles. The third kappa shape index (κ3) is 2.27. The average Bonchev–Trinajstić information content (AvgIpc) is 2.69. The number of benzene rings is 1. The zero-order valence-electron chi connectivity index (χ0n) is 11.4. The third-order valence-corrected chi connectivity index (χ3v) is 3.65. The van der Waals surface area contributed by atoms with Gasteiger partial charge in [0.15, 0.2) is 5.82 Å². The van der Waals surface area contributed by atoms with Gasteiger partial charge in [-0.05, 0) is 24.0 Å². The Kier molecular flexibility index (Phi) is 3.41. The van der Waals surface area contributed by atoms with Crippen molar-refractivity contribution in [3.63, 3.8) is 0 Å². The van der Waals surface area contributed by atoms with E-state index in [0.29, 0.717) is 5.82 Å². The van der Waals surface area contributed by atoms with E-state index in [1.807, 2.05) is 6.07 Å². The minimum atomic E-state index is -0.241. The van der Waals surface area contributed by atoms with Crippen molar-refractivity contribution in [1.82, 2.24) is 9.97 Å². The number of aryl methyl sites for hydroxylation is 1. The Bertz CT molecular complexity index is 666. The number of fused-ring (bicyclic) bond motifs is 1. The quantitative estimate of drug-likeness (QED) is 0.903. The molecule has 5 nitrogen and oxygen atoms in total. The fraction of sp³-hybridized carbons (Fsp3) is 0.333. The molecule has 1 aliphatic heterocycles. The number of aromatic amines is 1. The predicted octanol–water partition coefficient (Wildman–Crippen LogP) is 1.73. The first-order valence-corrected chi connectivity index (χ1v) is 6.73. The zero-order valence-corrected chi connectivity index (χ0v) is 11.4. The van der Waals surface area contributed by atoms with Crippen LogP contribution in [-0.2, 0) is 13.0 Å². The first-order chi connectivity index (χ1) is 9.79. The van der Waals surface area contributed by atoms with Crippen LogP contribution < -0.4 is 15.2 Å². The number of ether oxygens (including phenoxy) is 1. The van der Waals surface area contributed by atoms with E-state index in [1.54, 1.807) is 0 Å². The zero-order chi connectivity index (χ0) is 13.9. The summed E-state index contributed by atoms with van der Waals surface area (Å²) in [5.41, 5.74) is 2.42. The second-order valence-electron chi connectivity index (χ2n) is 4.88. The van der Waals surface area contributed by atoms with E-state index in [9.17, 15) is 4.79 Å². The minimum absolute atomic E-state index is 0.241. The summed E-state index contributed by atoms with van der Waals surface area (Å²) in [5, 5.41) is 0. The van der Waals surface area contributed by atoms with Gasteiger partial charge < -0.3 is 14.6 Å². The van der Waals surface area contributed by atoms with Crippen molar-refractivity contribution in [3.8, 4) is 5.75 Å². The van der Waals surface area contributed by atoms with E-state index in [1.165, 1.54) is 24.6 Å². The van der Waals surface area contributed by atoms with Crippen LogP contribution in [0.1, 0.15) is 17.5 Å². The van der Waals surface area contributed by atoms with Crippen LogP contribution in [0.3, 0.4) is 0 Å². The maximum absolute atomic E-state index is 11.8. The maximum atomic E-state index is 11.8. The van der Waals surface area contributed by atoms with Crippen LogP contribution in [0.5, 0.6) is 5.75 Å². The second kappa shape index (κ2) is 5.36. The van der Waals surface area contributed by atoms with E-state index in [2.05, 4.69) is 33.1 Å². The lowest BCUT2D eigenvalue weighted by Gasteiger charge is -2.23. The molecule has 1 N–H and O–H groups in total. The lowest BCUT2D eigenvalue weighted by Crippen LogP contribution is -2.26. The molecule has 1 aliphatic rings. The predicted molar refractivity (Wildman–Crippen MR) is 77.2 cm³/mol. The summed E-state index contributed by atoms with van der Waals surface area (Å²) in [6.45, 7) is 1.62. The highest BCUT2D eigenvalue weighted by molar-refractivity contribution is 5.52. The molecular formula is C15H17N3O2. The number of hydrogen-bond acceptors (Lipinski definition) is 4. The normalized spacial score (nSPS) is 14.6. The molecule has 0 atom stereocenters. The first-order valence-electron chi connectivity index (χ1n) is 6.73. The molecule has 0 unspecified atom stereocenters. The Morgan fingerprint density at radius 3 is 2.90 bits per heavy atom. The highest BCUT2D eigenvalue weighted by Crippen LogP contribution is 2.26. The summed E-state index contributed by atoms with van der Waals surface area (Å²) in [6.07, 6.45) is 3.52. The molecule has 2 heterocycles. The molecule has 0 fully saturated rings. The number of hydrogen-bond donors (Lipinski definition) is 1. The van der Waals surface area contributed by atoms with Gasteiger partial charge in [0.05, 0.1) is 13.4 Å². The van der Waals surface area contributed by atoms with E-state index in [4.69, 9.17) is 4.74 Å². The summed E-state index contributed by atoms with van der Waals surface area (Å²) >= 11 is 0. The van der Waals surface area contributed by atoms with Gasteiger partial charge in [-0.2, -0.15) is 0 Å². The van der Waals surface area contributed by atoms with Crippen LogP contribution in [0.25, 0.3) is 0 Å². The molecule has 0 aliphatic carbocycles. The Hall–Kier alpha value is -2.30. The smallest absolute Gasteiger partial charge is 0.295 e. The summed E-state index contributed by atoms with van der Waals surface area (Å²) in [4.78, 5) is 20.7. The molecule has 1 aromatic carbocycles. The number of methoxy groups -OCH3 is 1. The van der Waals surface area contributed by atoms with Crippen LogP contribution in [-0.4, -0.2) is 23.6 Å². The number of rotatable bonds is 2. The van der Waals surface area contributed by atoms with Crippen LogP contribution in [0, 0.1) is 0 Å². The van der Waals surface area contributed by atoms with Gasteiger partial charge in [0.25, 0.3) is 5.56 Å². The van der Waals surface area contributed by atoms with Crippen molar-refractivity contribution >= 4 is 5.82 Å². The van der Waals surface area contributed by atoms with Crippen LogP contribution in [0.2, 0.25) is 0 Å². The van der Waals surface area contributed by atoms with Gasteiger partial charge in [0.2, 0.25) is 5.75 Å². The van der Waals surface area contributed by atoms with E-state index in [-0.39, 0.29) is 11.3 Å². The second-order valence-corrected chi connectivity index (χ2v) is 4.88. The number of nitrogens with zero attached hydrogens (tertiary/aromatic N) is 2. The molecule has 1 aromatic heterocycles. The van der Waals surface area contributed by atoms with Gasteiger partial charge in [0, 0.05) is 13.1 Å². The Balaban J connectivity index is 2.00. The number of anilines is 1. The van der Waals surface area contributed by atoms with E-state index < -0.39 is 0 Å². The van der Waals surface area contributed by atoms with Gasteiger partial charge in [0.1, 0.15) is 0 Å². The van der Waals surface area contributed by atoms with Gasteiger partial charge in [-0.3, -0.25) is 4.79 Å². The number of nitrogens with one attached hydrogen (secondary N) is 1. The van der Waals surface area contributed by atoms with Crippen molar-refractivity contribution in [2.45, 2.75) is 19.4 Å². The van der Waals surface area contributed by atoms with Gasteiger partial charge in [-0.1, -0.05) is 24.3 Å². The standard InChI is InChI=1S/C15H17N3O2/c1-20-13-14(16-10-17-15(13)19)18-8-4-7-11-5-2-3-6-12(11)9-18/h2-3,5-6,10H,4,7-9H2,1H3,(H,16,17,19). The van der Waals surface area contributed by atoms with Gasteiger partial charge in [-0.15, -0.1) is 0 Å². The fourth-order valence-electron chi connectivity index (χ4n) is 2.67. The summed E-state index contributed by atoms with van der Waals surface area (Å²) < 4.78 is 5.21. The average molecular weight is 271 g/mol. The summed E-state index contributed by atoms with van der Waals surface area (Å²) in [7, 11) is 1.50. The molecule has 5 heteroatoms. The molecule has 20 heavy (non-hydrogen) atoms. The van der Waals surface area contributed by atoms with Crippen LogP contribution >= 0.6 is 0 Å². The van der Waals surface area contributed by atoms with Crippen molar-refractivity contribution in [1.29, 1.82) is 0 Å². The molecule has 0 saturated heterocycles. The third-order valence-electron chi connectivity index (χ3n) is 3.65. The Morgan fingerprint density at radius 2 is 2.10 bits per heavy atom. The molecule has 0 radical (unpaired) electrons. The summed E-state index contributed by atoms with van der Waals surface area (Å²) in [6, 6.07) is 8.42. The van der Waals surface area contributed by atoms with Gasteiger partial charge >= 0.3 is 0 Å². The maximum Gasteiger partial charge on any atom is 0.295 e. The lowest BCUT2D eigenvalue weighted by molar-refractivity contribution is 0.405. The monoisotopic (exact) mass is 271 g/mol. The van der Waals surface area contributed by atoms with Crippen molar-refractivity contribution in [3.05, 3.63) is 52.1 Å². The first kappa shape index (κ1) is 12.7. The Labute approximate surface area is 117 Å². The topological polar surface area (TPSA) is 58.2 Å². The van der Waals surface area contributed by atoms with Crippen LogP contribution in [0.4, 0.5) is 5.82 Å². The van der Waals surface area contributed by atoms with Crippen LogP contribution in [0.15, 0.2) is 35.4 Å².